The Morgan fingerprint density at radius 2 is 1.90 bits per heavy atom. The molecule has 2 saturated heterocycles. The number of rotatable bonds is 9. The molecule has 1 spiro atoms. The van der Waals surface area contributed by atoms with E-state index in [1.165, 1.54) is 11.9 Å². The highest BCUT2D eigenvalue weighted by molar-refractivity contribution is 6.14. The standard InChI is InChI=1S/C36H41N9O3/c1-40-23-42-34(39)26-5-3-24(4-6-26)25-11-15-44(16-12-25)32(46)21-43-17-13-36(22-43)14-18-45(35(36)47)27-7-9-30(37)29(19-27)33(38)31-10-8-28(48-2)20-41-31/h3-11,19-20,23,38H,12-18,21-22,37H2,1-2H3,(H2,39,40,42)/t36-/m0/s1. The van der Waals surface area contributed by atoms with Gasteiger partial charge in [-0.3, -0.25) is 30.3 Å². The van der Waals surface area contributed by atoms with Crippen LogP contribution in [0.1, 0.15) is 41.6 Å². The number of hydrogen-bond acceptors (Lipinski definition) is 8. The molecular formula is C36H41N9O3. The molecule has 2 aromatic carbocycles. The Bertz CT molecular complexity index is 1790. The van der Waals surface area contributed by atoms with Gasteiger partial charge < -0.3 is 25.6 Å². The summed E-state index contributed by atoms with van der Waals surface area (Å²) in [4.78, 5) is 41.4. The first-order valence-corrected chi connectivity index (χ1v) is 16.1. The number of nitrogens with two attached hydrogens (primary N) is 1. The Labute approximate surface area is 280 Å². The minimum absolute atomic E-state index is 0.0582. The van der Waals surface area contributed by atoms with Crippen LogP contribution in [0.3, 0.4) is 0 Å². The molecule has 12 nitrogen and oxygen atoms in total. The Morgan fingerprint density at radius 1 is 1.10 bits per heavy atom. The maximum atomic E-state index is 13.9. The van der Waals surface area contributed by atoms with Crippen LogP contribution in [0.15, 0.2) is 71.9 Å². The van der Waals surface area contributed by atoms with Gasteiger partial charge in [-0.25, -0.2) is 4.99 Å². The zero-order valence-electron chi connectivity index (χ0n) is 27.3. The monoisotopic (exact) mass is 647 g/mol. The highest BCUT2D eigenvalue weighted by atomic mass is 16.5. The molecule has 248 valence electrons. The van der Waals surface area contributed by atoms with Gasteiger partial charge in [0.15, 0.2) is 5.84 Å². The summed E-state index contributed by atoms with van der Waals surface area (Å²) in [5, 5.41) is 19.6. The van der Waals surface area contributed by atoms with E-state index in [0.29, 0.717) is 80.5 Å². The topological polar surface area (TPSA) is 164 Å². The molecule has 0 bridgehead atoms. The number of aromatic nitrogens is 1. The predicted molar refractivity (Wildman–Crippen MR) is 188 cm³/mol. The summed E-state index contributed by atoms with van der Waals surface area (Å²) in [5.41, 5.74) is 11.1. The number of ether oxygens (including phenoxy) is 1. The van der Waals surface area contributed by atoms with Crippen molar-refractivity contribution in [1.29, 1.82) is 10.8 Å². The van der Waals surface area contributed by atoms with Crippen molar-refractivity contribution in [3.05, 3.63) is 89.3 Å². The van der Waals surface area contributed by atoms with Gasteiger partial charge in [-0.2, -0.15) is 0 Å². The molecule has 0 aliphatic carbocycles. The summed E-state index contributed by atoms with van der Waals surface area (Å²) in [5.74, 6) is 0.927. The van der Waals surface area contributed by atoms with Gasteiger partial charge in [0, 0.05) is 55.7 Å². The fourth-order valence-corrected chi connectivity index (χ4v) is 6.75. The fraction of sp³-hybridized carbons (Fsp3) is 0.333. The number of nitrogens with one attached hydrogen (secondary N) is 3. The number of methoxy groups -OCH3 is 1. The molecule has 0 saturated carbocycles. The number of likely N-dealkylation sites (tertiary alicyclic amines) is 1. The summed E-state index contributed by atoms with van der Waals surface area (Å²) in [7, 11) is 3.31. The summed E-state index contributed by atoms with van der Waals surface area (Å²) < 4.78 is 5.18. The van der Waals surface area contributed by atoms with Crippen LogP contribution in [-0.2, 0) is 9.59 Å². The molecule has 5 N–H and O–H groups in total. The van der Waals surface area contributed by atoms with Crippen molar-refractivity contribution in [3.63, 3.8) is 0 Å². The molecule has 3 aromatic rings. The number of aliphatic imine (C=N–C) groups is 1. The van der Waals surface area contributed by atoms with E-state index in [2.05, 4.69) is 26.3 Å². The lowest BCUT2D eigenvalue weighted by molar-refractivity contribution is -0.132. The lowest BCUT2D eigenvalue weighted by atomic mass is 9.85. The second kappa shape index (κ2) is 13.8. The average molecular weight is 648 g/mol. The van der Waals surface area contributed by atoms with E-state index in [1.54, 1.807) is 49.5 Å². The molecular weight excluding hydrogens is 606 g/mol. The van der Waals surface area contributed by atoms with Crippen molar-refractivity contribution >= 4 is 46.6 Å². The highest BCUT2D eigenvalue weighted by Crippen LogP contribution is 2.43. The molecule has 3 aliphatic heterocycles. The largest absolute Gasteiger partial charge is 0.495 e. The van der Waals surface area contributed by atoms with Crippen LogP contribution < -0.4 is 20.7 Å². The Balaban J connectivity index is 1.05. The number of carbonyl (C=O) groups is 2. The van der Waals surface area contributed by atoms with Gasteiger partial charge in [0.1, 0.15) is 5.75 Å². The second-order valence-corrected chi connectivity index (χ2v) is 12.5. The van der Waals surface area contributed by atoms with Gasteiger partial charge >= 0.3 is 0 Å². The molecule has 1 atom stereocenters. The average Bonchev–Trinajstić information content (AvgIpc) is 3.68. The summed E-state index contributed by atoms with van der Waals surface area (Å²) in [6.07, 6.45) is 7.34. The number of nitrogens with zero attached hydrogens (tertiary/aromatic N) is 5. The third kappa shape index (κ3) is 6.56. The number of amidine groups is 1. The third-order valence-electron chi connectivity index (χ3n) is 9.56. The lowest BCUT2D eigenvalue weighted by Crippen LogP contribution is -2.43. The number of hydrogen-bond donors (Lipinski definition) is 4. The van der Waals surface area contributed by atoms with Crippen molar-refractivity contribution in [3.8, 4) is 5.75 Å². The summed E-state index contributed by atoms with van der Waals surface area (Å²) in [6, 6.07) is 16.6. The van der Waals surface area contributed by atoms with Gasteiger partial charge in [0.05, 0.1) is 43.0 Å². The number of benzene rings is 2. The Hall–Kier alpha value is -5.36. The van der Waals surface area contributed by atoms with Crippen molar-refractivity contribution in [2.45, 2.75) is 19.3 Å². The van der Waals surface area contributed by atoms with Crippen LogP contribution in [0.25, 0.3) is 5.57 Å². The van der Waals surface area contributed by atoms with E-state index in [1.807, 2.05) is 35.2 Å². The molecule has 0 unspecified atom stereocenters. The van der Waals surface area contributed by atoms with E-state index in [4.69, 9.17) is 21.3 Å². The summed E-state index contributed by atoms with van der Waals surface area (Å²) >= 11 is 0. The quantitative estimate of drug-likeness (QED) is 0.157. The van der Waals surface area contributed by atoms with Gasteiger partial charge in [0.2, 0.25) is 11.8 Å². The zero-order chi connectivity index (χ0) is 33.8. The van der Waals surface area contributed by atoms with Gasteiger partial charge in [-0.1, -0.05) is 30.3 Å². The van der Waals surface area contributed by atoms with Gasteiger partial charge in [-0.15, -0.1) is 0 Å². The van der Waals surface area contributed by atoms with Crippen LogP contribution in [0.2, 0.25) is 0 Å². The maximum Gasteiger partial charge on any atom is 0.237 e. The minimum atomic E-state index is -0.525. The first-order chi connectivity index (χ1) is 23.2. The molecule has 2 fully saturated rings. The predicted octanol–water partition coefficient (Wildman–Crippen LogP) is 3.41. The molecule has 1 aromatic heterocycles. The van der Waals surface area contributed by atoms with Crippen molar-refractivity contribution in [2.75, 3.05) is 64.1 Å². The third-order valence-corrected chi connectivity index (χ3v) is 9.56. The van der Waals surface area contributed by atoms with E-state index in [9.17, 15) is 9.59 Å². The van der Waals surface area contributed by atoms with Crippen LogP contribution in [0.5, 0.6) is 5.75 Å². The van der Waals surface area contributed by atoms with Gasteiger partial charge in [0.25, 0.3) is 0 Å². The SMILES string of the molecule is CN/C=N\C(=N)c1ccc(C2=CCN(C(=O)CN3CC[C@]4(CCN(c5ccc(N)c(C(=N)c6ccc(OC)cn6)c5)C4=O)C3)CC2)cc1. The molecule has 0 radical (unpaired) electrons. The summed E-state index contributed by atoms with van der Waals surface area (Å²) in [6.45, 7) is 3.30. The number of carbonyl (C=O) groups excluding carboxylic acids is 2. The van der Waals surface area contributed by atoms with E-state index in [-0.39, 0.29) is 23.4 Å². The second-order valence-electron chi connectivity index (χ2n) is 12.5. The van der Waals surface area contributed by atoms with Crippen LogP contribution >= 0.6 is 0 Å². The van der Waals surface area contributed by atoms with E-state index in [0.717, 1.165) is 17.5 Å². The van der Waals surface area contributed by atoms with Crippen LogP contribution in [0.4, 0.5) is 11.4 Å². The normalized spacial score (nSPS) is 19.6. The first kappa shape index (κ1) is 32.6. The smallest absolute Gasteiger partial charge is 0.237 e. The molecule has 2 amide bonds. The van der Waals surface area contributed by atoms with Crippen LogP contribution in [-0.4, -0.2) is 97.9 Å². The Morgan fingerprint density at radius 3 is 2.58 bits per heavy atom. The minimum Gasteiger partial charge on any atom is -0.495 e. The molecule has 4 heterocycles. The zero-order valence-corrected chi connectivity index (χ0v) is 27.3. The highest BCUT2D eigenvalue weighted by Gasteiger charge is 2.51. The van der Waals surface area contributed by atoms with Gasteiger partial charge in [-0.05, 0) is 67.3 Å². The number of anilines is 2. The molecule has 12 heteroatoms. The molecule has 3 aliphatic rings. The first-order valence-electron chi connectivity index (χ1n) is 16.1. The Kier molecular flexibility index (Phi) is 9.35. The molecule has 48 heavy (non-hydrogen) atoms. The maximum absolute atomic E-state index is 13.9. The number of nitrogen functional groups attached to an aromatic ring is 1. The number of pyridine rings is 1. The van der Waals surface area contributed by atoms with E-state index < -0.39 is 5.41 Å². The van der Waals surface area contributed by atoms with Crippen LogP contribution in [0, 0.1) is 16.2 Å². The van der Waals surface area contributed by atoms with Crippen molar-refractivity contribution in [2.24, 2.45) is 10.4 Å². The molecule has 6 rings (SSSR count). The van der Waals surface area contributed by atoms with E-state index >= 15 is 0 Å². The van der Waals surface area contributed by atoms with Crippen molar-refractivity contribution in [1.82, 2.24) is 20.1 Å². The fourth-order valence-electron chi connectivity index (χ4n) is 6.75. The lowest BCUT2D eigenvalue weighted by Gasteiger charge is -2.29. The number of amides is 2. The van der Waals surface area contributed by atoms with Crippen molar-refractivity contribution < 1.29 is 14.3 Å².